The molecule has 0 aliphatic rings. The van der Waals surface area contributed by atoms with Crippen LogP contribution in [0.25, 0.3) is 0 Å². The third kappa shape index (κ3) is 32.2. The van der Waals surface area contributed by atoms with E-state index in [1.54, 1.807) is 27.7 Å². The van der Waals surface area contributed by atoms with Gasteiger partial charge in [0.25, 0.3) is 0 Å². The van der Waals surface area contributed by atoms with Gasteiger partial charge in [-0.1, -0.05) is 27.7 Å². The summed E-state index contributed by atoms with van der Waals surface area (Å²) in [5, 5.41) is 0.159. The molecule has 0 fully saturated rings. The molecule has 0 rings (SSSR count). The van der Waals surface area contributed by atoms with Crippen LogP contribution in [0, 0.1) is 0 Å². The molecule has 11 heteroatoms. The average Bonchev–Trinajstić information content (AvgIpc) is 1.72. The molecule has 0 heterocycles. The van der Waals surface area contributed by atoms with Crippen LogP contribution in [0.1, 0.15) is 27.7 Å². The zero-order valence-corrected chi connectivity index (χ0v) is 16.8. The van der Waals surface area contributed by atoms with Crippen LogP contribution in [0.5, 0.6) is 0 Å². The zero-order chi connectivity index (χ0) is 13.6. The molecular formula is C6H14MoO4P2S4. The summed E-state index contributed by atoms with van der Waals surface area (Å²) in [7, 11) is 0. The summed E-state index contributed by atoms with van der Waals surface area (Å²) in [5.41, 5.74) is -6.94. The summed E-state index contributed by atoms with van der Waals surface area (Å²) in [6.07, 6.45) is 0. The largest absolute Gasteiger partial charge is 4.00 e. The van der Waals surface area contributed by atoms with Crippen LogP contribution >= 0.6 is 34.2 Å². The van der Waals surface area contributed by atoms with Crippen molar-refractivity contribution in [1.29, 1.82) is 0 Å². The molecule has 4 nitrogen and oxygen atoms in total. The van der Waals surface area contributed by atoms with Crippen molar-refractivity contribution in [2.75, 3.05) is 0 Å². The van der Waals surface area contributed by atoms with Crippen LogP contribution in [0.2, 0.25) is 0 Å². The Kier molecular flexibility index (Phi) is 16.2. The number of hydrogen-bond donors (Lipinski definition) is 0. The first kappa shape index (κ1) is 24.5. The standard InChI is InChI=1S/2C3H9O2PS2.Mo/c2*1-3(2)8-6(4,5)7;/h2*3H,1-2H3,(H2,4,5,7);/q;;+4/p-4. The van der Waals surface area contributed by atoms with Gasteiger partial charge in [0.2, 0.25) is 0 Å². The van der Waals surface area contributed by atoms with Crippen molar-refractivity contribution in [3.63, 3.8) is 0 Å². The van der Waals surface area contributed by atoms with Crippen molar-refractivity contribution in [3.8, 4) is 0 Å². The Morgan fingerprint density at radius 2 is 0.941 bits per heavy atom. The van der Waals surface area contributed by atoms with Crippen LogP contribution in [-0.2, 0) is 44.7 Å². The predicted octanol–water partition coefficient (Wildman–Crippen LogP) is 0.144. The molecule has 0 radical (unpaired) electrons. The molecule has 0 aromatic carbocycles. The first-order valence-corrected chi connectivity index (χ1v) is 12.5. The Labute approximate surface area is 135 Å². The second-order valence-electron chi connectivity index (χ2n) is 3.20. The molecule has 0 saturated carbocycles. The van der Waals surface area contributed by atoms with Crippen LogP contribution in [0.3, 0.4) is 0 Å². The van der Waals surface area contributed by atoms with E-state index in [4.69, 9.17) is 0 Å². The first-order valence-electron chi connectivity index (χ1n) is 4.24. The molecule has 0 bridgehead atoms. The van der Waals surface area contributed by atoms with Gasteiger partial charge in [-0.15, -0.1) is 23.6 Å². The Hall–Kier alpha value is 2.53. The van der Waals surface area contributed by atoms with Crippen molar-refractivity contribution in [2.45, 2.75) is 38.2 Å². The van der Waals surface area contributed by atoms with Crippen molar-refractivity contribution in [3.05, 3.63) is 0 Å². The van der Waals surface area contributed by atoms with E-state index in [-0.39, 0.29) is 31.6 Å². The molecule has 0 amide bonds. The minimum atomic E-state index is -3.47. The SMILES string of the molecule is CC(C)SP([O-])([O-])=S.CC(C)SP([O-])([O-])=S.[Mo+4]. The van der Waals surface area contributed by atoms with Gasteiger partial charge in [0.15, 0.2) is 0 Å². The summed E-state index contributed by atoms with van der Waals surface area (Å²) in [5.74, 6) is 0. The molecular weight excluding hydrogens is 422 g/mol. The van der Waals surface area contributed by atoms with E-state index < -0.39 is 11.4 Å². The van der Waals surface area contributed by atoms with E-state index in [2.05, 4.69) is 23.6 Å². The number of hydrogen-bond acceptors (Lipinski definition) is 8. The maximum absolute atomic E-state index is 10.2. The minimum absolute atomic E-state index is 0. The molecule has 0 aromatic heterocycles. The van der Waals surface area contributed by atoms with Gasteiger partial charge in [-0.25, -0.2) is 0 Å². The third-order valence-corrected chi connectivity index (χ3v) is 7.67. The molecule has 102 valence electrons. The van der Waals surface area contributed by atoms with Gasteiger partial charge in [0, 0.05) is 10.5 Å². The fourth-order valence-electron chi connectivity index (χ4n) is 0.516. The zero-order valence-electron chi connectivity index (χ0n) is 9.72. The molecule has 0 saturated heterocycles. The molecule has 0 atom stereocenters. The monoisotopic (exact) mass is 438 g/mol. The maximum Gasteiger partial charge on any atom is 4.00 e. The Morgan fingerprint density at radius 3 is 0.941 bits per heavy atom. The summed E-state index contributed by atoms with van der Waals surface area (Å²) >= 11 is 9.90. The maximum atomic E-state index is 10.2. The number of rotatable bonds is 4. The summed E-state index contributed by atoms with van der Waals surface area (Å²) < 4.78 is 0. The molecule has 0 aliphatic carbocycles. The fraction of sp³-hybridized carbons (Fsp3) is 1.00. The third-order valence-electron chi connectivity index (χ3n) is 0.680. The molecule has 0 aliphatic heterocycles. The van der Waals surface area contributed by atoms with E-state index in [0.29, 0.717) is 0 Å². The van der Waals surface area contributed by atoms with Gasteiger partial charge in [0.1, 0.15) is 0 Å². The average molecular weight is 436 g/mol. The van der Waals surface area contributed by atoms with Gasteiger partial charge in [-0.05, 0) is 0 Å². The van der Waals surface area contributed by atoms with Gasteiger partial charge >= 0.3 is 21.1 Å². The van der Waals surface area contributed by atoms with Crippen molar-refractivity contribution < 1.29 is 40.6 Å². The molecule has 0 N–H and O–H groups in total. The first-order chi connectivity index (χ1) is 6.83. The molecule has 17 heavy (non-hydrogen) atoms. The molecule has 0 aromatic rings. The quantitative estimate of drug-likeness (QED) is 0.454. The van der Waals surface area contributed by atoms with Crippen LogP contribution in [0.15, 0.2) is 0 Å². The molecule has 0 unspecified atom stereocenters. The normalized spacial score (nSPS) is 11.9. The van der Waals surface area contributed by atoms with Gasteiger partial charge < -0.3 is 19.6 Å². The fourth-order valence-corrected chi connectivity index (χ4v) is 7.75. The molecule has 0 spiro atoms. The van der Waals surface area contributed by atoms with E-state index >= 15 is 0 Å². The van der Waals surface area contributed by atoms with E-state index in [0.717, 1.165) is 22.8 Å². The minimum Gasteiger partial charge on any atom is -0.825 e. The van der Waals surface area contributed by atoms with Crippen molar-refractivity contribution in [1.82, 2.24) is 0 Å². The van der Waals surface area contributed by atoms with Gasteiger partial charge in [0.05, 0.1) is 0 Å². The topological polar surface area (TPSA) is 92.2 Å². The summed E-state index contributed by atoms with van der Waals surface area (Å²) in [6.45, 7) is 7.17. The van der Waals surface area contributed by atoms with Crippen LogP contribution in [0.4, 0.5) is 0 Å². The smallest absolute Gasteiger partial charge is 0.825 e. The van der Waals surface area contributed by atoms with E-state index in [1.807, 2.05) is 0 Å². The van der Waals surface area contributed by atoms with E-state index in [1.165, 1.54) is 0 Å². The van der Waals surface area contributed by atoms with Gasteiger partial charge in [-0.2, -0.15) is 34.2 Å². The second-order valence-corrected chi connectivity index (χ2v) is 15.7. The van der Waals surface area contributed by atoms with Crippen LogP contribution < -0.4 is 19.6 Å². The Morgan fingerprint density at radius 1 is 0.765 bits per heavy atom. The van der Waals surface area contributed by atoms with Crippen molar-refractivity contribution in [2.24, 2.45) is 0 Å². The van der Waals surface area contributed by atoms with Gasteiger partial charge in [-0.3, -0.25) is 0 Å². The predicted molar refractivity (Wildman–Crippen MR) is 74.0 cm³/mol. The second kappa shape index (κ2) is 11.2. The van der Waals surface area contributed by atoms with Crippen molar-refractivity contribution >= 4 is 57.8 Å². The van der Waals surface area contributed by atoms with Crippen LogP contribution in [-0.4, -0.2) is 10.5 Å². The Balaban J connectivity index is -0.000000218. The Bertz CT molecular complexity index is 249. The van der Waals surface area contributed by atoms with E-state index in [9.17, 15) is 19.6 Å². The summed E-state index contributed by atoms with van der Waals surface area (Å²) in [4.78, 5) is 41.0. The summed E-state index contributed by atoms with van der Waals surface area (Å²) in [6, 6.07) is 0.